The summed E-state index contributed by atoms with van der Waals surface area (Å²) in [5.41, 5.74) is 2.04. The van der Waals surface area contributed by atoms with Gasteiger partial charge in [0.1, 0.15) is 11.5 Å². The number of carbonyl (C=O) groups is 3. The molecule has 148 valence electrons. The van der Waals surface area contributed by atoms with Crippen molar-refractivity contribution in [1.82, 2.24) is 14.8 Å². The molecule has 7 heteroatoms. The third-order valence-corrected chi connectivity index (χ3v) is 6.15. The Bertz CT molecular complexity index is 994. The van der Waals surface area contributed by atoms with E-state index in [1.54, 1.807) is 29.3 Å². The molecule has 1 N–H and O–H groups in total. The van der Waals surface area contributed by atoms with Gasteiger partial charge in [-0.2, -0.15) is 0 Å². The number of H-pyrrole nitrogens is 1. The standard InChI is InChI=1S/C22H20FN3O3/c23-15-7-5-13(6-8-15)14-9-19(24-10-14)22(29)25-11-16(12-25)26-20(27)17-3-1-2-4-18(17)21(26)28/h1-2,5-10,16-18,24H,3-4,11-12H2. The first kappa shape index (κ1) is 17.8. The van der Waals surface area contributed by atoms with Gasteiger partial charge in [-0.25, -0.2) is 4.39 Å². The number of amides is 3. The molecule has 3 amide bonds. The van der Waals surface area contributed by atoms with E-state index < -0.39 is 0 Å². The second-order valence-corrected chi connectivity index (χ2v) is 7.88. The number of hydrogen-bond acceptors (Lipinski definition) is 3. The van der Waals surface area contributed by atoms with Gasteiger partial charge in [-0.15, -0.1) is 0 Å². The highest BCUT2D eigenvalue weighted by Gasteiger charge is 2.52. The number of hydrogen-bond donors (Lipinski definition) is 1. The van der Waals surface area contributed by atoms with Crippen molar-refractivity contribution in [3.8, 4) is 11.1 Å². The minimum Gasteiger partial charge on any atom is -0.357 e. The van der Waals surface area contributed by atoms with Gasteiger partial charge in [0.05, 0.1) is 17.9 Å². The van der Waals surface area contributed by atoms with Gasteiger partial charge in [0.2, 0.25) is 11.8 Å². The van der Waals surface area contributed by atoms with Crippen LogP contribution in [0.15, 0.2) is 48.7 Å². The molecule has 2 aromatic rings. The Hall–Kier alpha value is -3.22. The van der Waals surface area contributed by atoms with Gasteiger partial charge in [0.25, 0.3) is 5.91 Å². The van der Waals surface area contributed by atoms with Crippen LogP contribution < -0.4 is 0 Å². The number of aromatic amines is 1. The summed E-state index contributed by atoms with van der Waals surface area (Å²) < 4.78 is 13.1. The molecule has 29 heavy (non-hydrogen) atoms. The van der Waals surface area contributed by atoms with Crippen LogP contribution in [0.4, 0.5) is 4.39 Å². The number of benzene rings is 1. The number of aromatic nitrogens is 1. The predicted molar refractivity (Wildman–Crippen MR) is 103 cm³/mol. The van der Waals surface area contributed by atoms with Gasteiger partial charge < -0.3 is 9.88 Å². The van der Waals surface area contributed by atoms with E-state index in [4.69, 9.17) is 0 Å². The highest BCUT2D eigenvalue weighted by Crippen LogP contribution is 2.37. The smallest absolute Gasteiger partial charge is 0.270 e. The van der Waals surface area contributed by atoms with Crippen molar-refractivity contribution in [2.24, 2.45) is 11.8 Å². The van der Waals surface area contributed by atoms with Crippen molar-refractivity contribution in [3.05, 3.63) is 60.2 Å². The lowest BCUT2D eigenvalue weighted by atomic mass is 9.85. The van der Waals surface area contributed by atoms with Crippen LogP contribution >= 0.6 is 0 Å². The Kier molecular flexibility index (Phi) is 4.12. The number of nitrogens with zero attached hydrogens (tertiary/aromatic N) is 2. The van der Waals surface area contributed by atoms with E-state index in [-0.39, 0.29) is 41.4 Å². The maximum atomic E-state index is 13.1. The van der Waals surface area contributed by atoms with Crippen LogP contribution in [-0.4, -0.2) is 51.6 Å². The topological polar surface area (TPSA) is 73.5 Å². The first-order valence-corrected chi connectivity index (χ1v) is 9.78. The second-order valence-electron chi connectivity index (χ2n) is 7.88. The molecule has 2 atom stereocenters. The lowest BCUT2D eigenvalue weighted by Crippen LogP contribution is -2.62. The van der Waals surface area contributed by atoms with E-state index >= 15 is 0 Å². The first-order chi connectivity index (χ1) is 14.0. The lowest BCUT2D eigenvalue weighted by Gasteiger charge is -2.43. The third kappa shape index (κ3) is 2.88. The van der Waals surface area contributed by atoms with E-state index in [2.05, 4.69) is 4.98 Å². The number of halogens is 1. The van der Waals surface area contributed by atoms with Crippen LogP contribution in [0.2, 0.25) is 0 Å². The van der Waals surface area contributed by atoms with Gasteiger partial charge in [-0.05, 0) is 42.2 Å². The highest BCUT2D eigenvalue weighted by atomic mass is 19.1. The van der Waals surface area contributed by atoms with Crippen LogP contribution in [0.3, 0.4) is 0 Å². The largest absolute Gasteiger partial charge is 0.357 e. The van der Waals surface area contributed by atoms with Crippen LogP contribution in [0.1, 0.15) is 23.3 Å². The van der Waals surface area contributed by atoms with Gasteiger partial charge >= 0.3 is 0 Å². The van der Waals surface area contributed by atoms with Crippen LogP contribution in [0, 0.1) is 17.7 Å². The number of allylic oxidation sites excluding steroid dienone is 2. The van der Waals surface area contributed by atoms with E-state index in [0.717, 1.165) is 11.1 Å². The molecule has 0 saturated carbocycles. The van der Waals surface area contributed by atoms with Crippen molar-refractivity contribution < 1.29 is 18.8 Å². The molecule has 2 fully saturated rings. The maximum Gasteiger partial charge on any atom is 0.270 e. The predicted octanol–water partition coefficient (Wildman–Crippen LogP) is 2.60. The summed E-state index contributed by atoms with van der Waals surface area (Å²) in [6.45, 7) is 0.710. The number of carbonyl (C=O) groups excluding carboxylic acids is 3. The minimum atomic E-state index is -0.311. The molecule has 2 aliphatic heterocycles. The molecule has 5 rings (SSSR count). The van der Waals surface area contributed by atoms with Crippen LogP contribution in [0.5, 0.6) is 0 Å². The van der Waals surface area contributed by atoms with E-state index in [1.165, 1.54) is 17.0 Å². The molecule has 3 heterocycles. The van der Waals surface area contributed by atoms with Crippen molar-refractivity contribution >= 4 is 17.7 Å². The van der Waals surface area contributed by atoms with Gasteiger partial charge in [0.15, 0.2) is 0 Å². The van der Waals surface area contributed by atoms with E-state index in [0.29, 0.717) is 31.6 Å². The van der Waals surface area contributed by atoms with E-state index in [9.17, 15) is 18.8 Å². The Morgan fingerprint density at radius 2 is 1.59 bits per heavy atom. The quantitative estimate of drug-likeness (QED) is 0.644. The molecule has 1 aromatic carbocycles. The summed E-state index contributed by atoms with van der Waals surface area (Å²) in [6.07, 6.45) is 6.89. The molecule has 1 aliphatic carbocycles. The molecular formula is C22H20FN3O3. The minimum absolute atomic E-state index is 0.0973. The highest BCUT2D eigenvalue weighted by molar-refractivity contribution is 6.06. The average Bonchev–Trinajstić information content (AvgIpc) is 3.28. The molecular weight excluding hydrogens is 373 g/mol. The van der Waals surface area contributed by atoms with Crippen molar-refractivity contribution in [1.29, 1.82) is 0 Å². The van der Waals surface area contributed by atoms with Crippen molar-refractivity contribution in [3.63, 3.8) is 0 Å². The Balaban J connectivity index is 1.24. The normalized spacial score (nSPS) is 24.0. The SMILES string of the molecule is O=C(c1cc(-c2ccc(F)cc2)c[nH]1)N1CC(N2C(=O)C3CC=CCC3C2=O)C1. The number of fused-ring (bicyclic) bond motifs is 1. The molecule has 0 bridgehead atoms. The van der Waals surface area contributed by atoms with Crippen LogP contribution in [-0.2, 0) is 9.59 Å². The summed E-state index contributed by atoms with van der Waals surface area (Å²) in [5.74, 6) is -1.15. The zero-order valence-corrected chi connectivity index (χ0v) is 15.7. The summed E-state index contributed by atoms with van der Waals surface area (Å²) in [6, 6.07) is 7.56. The number of nitrogens with one attached hydrogen (secondary N) is 1. The van der Waals surface area contributed by atoms with Crippen molar-refractivity contribution in [2.75, 3.05) is 13.1 Å². The molecule has 0 spiro atoms. The number of rotatable bonds is 3. The number of imide groups is 1. The Morgan fingerprint density at radius 1 is 0.966 bits per heavy atom. The molecule has 1 aromatic heterocycles. The fourth-order valence-electron chi connectivity index (χ4n) is 4.47. The van der Waals surface area contributed by atoms with Crippen LogP contribution in [0.25, 0.3) is 11.1 Å². The molecule has 6 nitrogen and oxygen atoms in total. The lowest BCUT2D eigenvalue weighted by molar-refractivity contribution is -0.145. The monoisotopic (exact) mass is 393 g/mol. The van der Waals surface area contributed by atoms with E-state index in [1.807, 2.05) is 12.2 Å². The third-order valence-electron chi connectivity index (χ3n) is 6.15. The summed E-state index contributed by atoms with van der Waals surface area (Å²) in [7, 11) is 0. The summed E-state index contributed by atoms with van der Waals surface area (Å²) >= 11 is 0. The molecule has 2 unspecified atom stereocenters. The number of likely N-dealkylation sites (tertiary alicyclic amines) is 2. The van der Waals surface area contributed by atoms with Gasteiger partial charge in [0, 0.05) is 19.3 Å². The Morgan fingerprint density at radius 3 is 2.21 bits per heavy atom. The van der Waals surface area contributed by atoms with Crippen molar-refractivity contribution in [2.45, 2.75) is 18.9 Å². The fraction of sp³-hybridized carbons (Fsp3) is 0.318. The zero-order chi connectivity index (χ0) is 20.1. The van der Waals surface area contributed by atoms with Gasteiger partial charge in [-0.3, -0.25) is 19.3 Å². The maximum absolute atomic E-state index is 13.1. The first-order valence-electron chi connectivity index (χ1n) is 9.78. The summed E-state index contributed by atoms with van der Waals surface area (Å²) in [5, 5.41) is 0. The molecule has 2 saturated heterocycles. The average molecular weight is 393 g/mol. The molecule has 3 aliphatic rings. The van der Waals surface area contributed by atoms with Gasteiger partial charge in [-0.1, -0.05) is 24.3 Å². The Labute approximate surface area is 167 Å². The fourth-order valence-corrected chi connectivity index (χ4v) is 4.47. The second kappa shape index (κ2) is 6.69. The molecule has 0 radical (unpaired) electrons. The zero-order valence-electron chi connectivity index (χ0n) is 15.7. The summed E-state index contributed by atoms with van der Waals surface area (Å²) in [4.78, 5) is 44.0.